The Labute approximate surface area is 112 Å². The highest BCUT2D eigenvalue weighted by Crippen LogP contribution is 2.23. The number of nitrogens with one attached hydrogen (secondary N) is 2. The van der Waals surface area contributed by atoms with Gasteiger partial charge in [0.05, 0.1) is 0 Å². The zero-order chi connectivity index (χ0) is 14.7. The fourth-order valence-corrected chi connectivity index (χ4v) is 1.61. The topological polar surface area (TPSA) is 37.0 Å². The average molecular weight is 285 g/mol. The van der Waals surface area contributed by atoms with Crippen molar-refractivity contribution in [2.45, 2.75) is 6.92 Å². The Morgan fingerprint density at radius 3 is 2.10 bits per heavy atom. The lowest BCUT2D eigenvalue weighted by atomic mass is 10.3. The second-order valence-electron chi connectivity index (χ2n) is 3.96. The lowest BCUT2D eigenvalue weighted by molar-refractivity contribution is 0.577. The summed E-state index contributed by atoms with van der Waals surface area (Å²) in [6.07, 6.45) is 0. The predicted octanol–water partition coefficient (Wildman–Crippen LogP) is 3.81. The molecule has 0 saturated heterocycles. The predicted molar refractivity (Wildman–Crippen MR) is 68.0 cm³/mol. The second kappa shape index (κ2) is 5.77. The summed E-state index contributed by atoms with van der Waals surface area (Å²) in [5.74, 6) is -3.92. The first-order chi connectivity index (χ1) is 9.49. The Hall–Kier alpha value is -2.31. The second-order valence-corrected chi connectivity index (χ2v) is 3.96. The summed E-state index contributed by atoms with van der Waals surface area (Å²) in [5.41, 5.74) is -0.0250. The molecule has 0 radical (unpaired) electrons. The van der Waals surface area contributed by atoms with Gasteiger partial charge in [0.1, 0.15) is 11.6 Å². The van der Waals surface area contributed by atoms with Crippen molar-refractivity contribution in [2.75, 3.05) is 17.2 Å². The van der Waals surface area contributed by atoms with Crippen LogP contribution in [0, 0.1) is 23.3 Å². The molecule has 1 aromatic carbocycles. The molecule has 0 unspecified atom stereocenters. The Balaban J connectivity index is 2.34. The number of benzene rings is 1. The van der Waals surface area contributed by atoms with Crippen LogP contribution in [-0.2, 0) is 0 Å². The number of hydrogen-bond acceptors (Lipinski definition) is 3. The van der Waals surface area contributed by atoms with Crippen LogP contribution in [0.3, 0.4) is 0 Å². The van der Waals surface area contributed by atoms with E-state index in [2.05, 4.69) is 15.6 Å². The van der Waals surface area contributed by atoms with E-state index in [1.807, 2.05) is 0 Å². The third kappa shape index (κ3) is 3.17. The average Bonchev–Trinajstić information content (AvgIpc) is 2.34. The molecule has 0 bridgehead atoms. The molecular formula is C13H11F4N3. The molecule has 1 aromatic heterocycles. The van der Waals surface area contributed by atoms with E-state index in [1.54, 1.807) is 6.92 Å². The van der Waals surface area contributed by atoms with Crippen LogP contribution >= 0.6 is 0 Å². The van der Waals surface area contributed by atoms with Gasteiger partial charge < -0.3 is 10.6 Å². The maximum Gasteiger partial charge on any atom is 0.169 e. The van der Waals surface area contributed by atoms with Crippen molar-refractivity contribution >= 4 is 17.3 Å². The molecule has 20 heavy (non-hydrogen) atoms. The van der Waals surface area contributed by atoms with Gasteiger partial charge in [-0.3, -0.25) is 0 Å². The van der Waals surface area contributed by atoms with Crippen molar-refractivity contribution in [1.82, 2.24) is 4.98 Å². The number of aromatic nitrogens is 1. The molecule has 2 aromatic rings. The van der Waals surface area contributed by atoms with Crippen LogP contribution < -0.4 is 10.6 Å². The zero-order valence-electron chi connectivity index (χ0n) is 10.5. The lowest BCUT2D eigenvalue weighted by Gasteiger charge is -2.10. The van der Waals surface area contributed by atoms with E-state index in [1.165, 1.54) is 0 Å². The molecular weight excluding hydrogens is 274 g/mol. The first-order valence-electron chi connectivity index (χ1n) is 5.82. The molecule has 7 heteroatoms. The monoisotopic (exact) mass is 285 g/mol. The number of halogens is 4. The number of rotatable bonds is 4. The van der Waals surface area contributed by atoms with Crippen molar-refractivity contribution < 1.29 is 17.6 Å². The largest absolute Gasteiger partial charge is 0.368 e. The Kier molecular flexibility index (Phi) is 4.07. The fraction of sp³-hybridized carbons (Fsp3) is 0.154. The summed E-state index contributed by atoms with van der Waals surface area (Å²) >= 11 is 0. The van der Waals surface area contributed by atoms with E-state index < -0.39 is 23.3 Å². The van der Waals surface area contributed by atoms with Crippen LogP contribution in [0.15, 0.2) is 24.3 Å². The number of nitrogens with zero attached hydrogens (tertiary/aromatic N) is 1. The SMILES string of the molecule is CCNc1nc(Nc2cc(F)cc(F)c2)c(F)cc1F. The molecule has 0 aliphatic rings. The normalized spacial score (nSPS) is 10.4. The highest BCUT2D eigenvalue weighted by atomic mass is 19.1. The molecule has 0 fully saturated rings. The molecule has 1 heterocycles. The minimum absolute atomic E-state index is 0.0250. The van der Waals surface area contributed by atoms with Crippen LogP contribution in [-0.4, -0.2) is 11.5 Å². The van der Waals surface area contributed by atoms with Crippen molar-refractivity contribution in [3.05, 3.63) is 47.5 Å². The van der Waals surface area contributed by atoms with E-state index in [0.29, 0.717) is 18.7 Å². The van der Waals surface area contributed by atoms with Gasteiger partial charge in [-0.05, 0) is 19.1 Å². The molecule has 0 saturated carbocycles. The molecule has 106 valence electrons. The summed E-state index contributed by atoms with van der Waals surface area (Å²) in [6.45, 7) is 2.11. The molecule has 2 rings (SSSR count). The molecule has 0 amide bonds. The smallest absolute Gasteiger partial charge is 0.169 e. The maximum absolute atomic E-state index is 13.6. The Morgan fingerprint density at radius 2 is 1.50 bits per heavy atom. The van der Waals surface area contributed by atoms with Gasteiger partial charge in [0.15, 0.2) is 23.3 Å². The lowest BCUT2D eigenvalue weighted by Crippen LogP contribution is -2.06. The molecule has 0 spiro atoms. The molecule has 0 aliphatic carbocycles. The van der Waals surface area contributed by atoms with E-state index in [9.17, 15) is 17.6 Å². The number of pyridine rings is 1. The van der Waals surface area contributed by atoms with Crippen LogP contribution in [0.25, 0.3) is 0 Å². The van der Waals surface area contributed by atoms with Crippen molar-refractivity contribution in [3.8, 4) is 0 Å². The highest BCUT2D eigenvalue weighted by molar-refractivity contribution is 5.59. The first kappa shape index (κ1) is 14.1. The van der Waals surface area contributed by atoms with Gasteiger partial charge >= 0.3 is 0 Å². The van der Waals surface area contributed by atoms with E-state index in [4.69, 9.17) is 0 Å². The van der Waals surface area contributed by atoms with Crippen molar-refractivity contribution in [3.63, 3.8) is 0 Å². The van der Waals surface area contributed by atoms with Gasteiger partial charge in [0.25, 0.3) is 0 Å². The van der Waals surface area contributed by atoms with Gasteiger partial charge in [0, 0.05) is 24.4 Å². The summed E-state index contributed by atoms with van der Waals surface area (Å²) in [7, 11) is 0. The van der Waals surface area contributed by atoms with Crippen LogP contribution in [0.5, 0.6) is 0 Å². The van der Waals surface area contributed by atoms with E-state index >= 15 is 0 Å². The molecule has 3 nitrogen and oxygen atoms in total. The fourth-order valence-electron chi connectivity index (χ4n) is 1.61. The van der Waals surface area contributed by atoms with Crippen LogP contribution in [0.4, 0.5) is 34.9 Å². The van der Waals surface area contributed by atoms with Gasteiger partial charge in [-0.2, -0.15) is 0 Å². The minimum Gasteiger partial charge on any atom is -0.368 e. The van der Waals surface area contributed by atoms with E-state index in [-0.39, 0.29) is 17.3 Å². The Morgan fingerprint density at radius 1 is 0.900 bits per heavy atom. The number of anilines is 3. The number of hydrogen-bond donors (Lipinski definition) is 2. The van der Waals surface area contributed by atoms with Gasteiger partial charge in [-0.25, -0.2) is 22.5 Å². The van der Waals surface area contributed by atoms with E-state index in [0.717, 1.165) is 12.1 Å². The summed E-state index contributed by atoms with van der Waals surface area (Å²) in [6, 6.07) is 3.27. The maximum atomic E-state index is 13.6. The molecule has 0 aliphatic heterocycles. The summed E-state index contributed by atoms with van der Waals surface area (Å²) in [5, 5.41) is 5.02. The van der Waals surface area contributed by atoms with Gasteiger partial charge in [-0.15, -0.1) is 0 Å². The molecule has 2 N–H and O–H groups in total. The third-order valence-corrected chi connectivity index (χ3v) is 2.40. The first-order valence-corrected chi connectivity index (χ1v) is 5.82. The van der Waals surface area contributed by atoms with Crippen LogP contribution in [0.2, 0.25) is 0 Å². The van der Waals surface area contributed by atoms with Crippen molar-refractivity contribution in [2.24, 2.45) is 0 Å². The summed E-state index contributed by atoms with van der Waals surface area (Å²) in [4.78, 5) is 3.70. The minimum atomic E-state index is -0.964. The standard InChI is InChI=1S/C13H11F4N3/c1-2-18-12-10(16)6-11(17)13(20-12)19-9-4-7(14)3-8(15)5-9/h3-6H,2H2,1H3,(H2,18,19,20). The molecule has 0 atom stereocenters. The zero-order valence-corrected chi connectivity index (χ0v) is 10.5. The van der Waals surface area contributed by atoms with Crippen LogP contribution in [0.1, 0.15) is 6.92 Å². The highest BCUT2D eigenvalue weighted by Gasteiger charge is 2.12. The Bertz CT molecular complexity index is 611. The van der Waals surface area contributed by atoms with Gasteiger partial charge in [-0.1, -0.05) is 0 Å². The van der Waals surface area contributed by atoms with Crippen molar-refractivity contribution in [1.29, 1.82) is 0 Å². The quantitative estimate of drug-likeness (QED) is 0.839. The third-order valence-electron chi connectivity index (χ3n) is 2.40. The summed E-state index contributed by atoms with van der Waals surface area (Å²) < 4.78 is 53.0. The van der Waals surface area contributed by atoms with Gasteiger partial charge in [0.2, 0.25) is 0 Å².